The summed E-state index contributed by atoms with van der Waals surface area (Å²) in [5.74, 6) is -2.38. The van der Waals surface area contributed by atoms with Gasteiger partial charge in [0.2, 0.25) is 0 Å². The van der Waals surface area contributed by atoms with Gasteiger partial charge in [-0.25, -0.2) is 4.39 Å². The molecule has 0 heterocycles. The number of alkyl halides is 2. The molecular formula is C3H2F5N. The standard InChI is InChI=1S/C3H2F5N/c1-2(4)3(5,6)9(7)8/h1H2. The number of halogens is 5. The van der Waals surface area contributed by atoms with Gasteiger partial charge >= 0.3 is 6.05 Å². The van der Waals surface area contributed by atoms with Gasteiger partial charge in [-0.15, -0.1) is 0 Å². The van der Waals surface area contributed by atoms with E-state index in [4.69, 9.17) is 0 Å². The first-order valence-corrected chi connectivity index (χ1v) is 1.73. The van der Waals surface area contributed by atoms with Crippen LogP contribution in [0.3, 0.4) is 0 Å². The van der Waals surface area contributed by atoms with E-state index in [0.717, 1.165) is 0 Å². The third kappa shape index (κ3) is 1.63. The molecule has 0 radical (unpaired) electrons. The minimum absolute atomic E-state index is 2.01. The van der Waals surface area contributed by atoms with Gasteiger partial charge in [-0.3, -0.25) is 0 Å². The van der Waals surface area contributed by atoms with Gasteiger partial charge in [0, 0.05) is 0 Å². The third-order valence-corrected chi connectivity index (χ3v) is 0.539. The van der Waals surface area contributed by atoms with Crippen molar-refractivity contribution in [1.29, 1.82) is 0 Å². The summed E-state index contributed by atoms with van der Waals surface area (Å²) < 4.78 is 55.7. The smallest absolute Gasteiger partial charge is 0.204 e. The molecule has 0 saturated heterocycles. The van der Waals surface area contributed by atoms with E-state index in [0.29, 0.717) is 0 Å². The third-order valence-electron chi connectivity index (χ3n) is 0.539. The summed E-state index contributed by atoms with van der Waals surface area (Å²) in [4.78, 5) is 0. The highest BCUT2D eigenvalue weighted by Crippen LogP contribution is 2.28. The summed E-state index contributed by atoms with van der Waals surface area (Å²) >= 11 is 0. The van der Waals surface area contributed by atoms with Crippen molar-refractivity contribution in [2.45, 2.75) is 6.05 Å². The van der Waals surface area contributed by atoms with E-state index in [-0.39, 0.29) is 0 Å². The highest BCUT2D eigenvalue weighted by molar-refractivity contribution is 4.92. The molecule has 0 aromatic rings. The lowest BCUT2D eigenvalue weighted by molar-refractivity contribution is -0.319. The van der Waals surface area contributed by atoms with Crippen molar-refractivity contribution in [3.63, 3.8) is 0 Å². The predicted molar refractivity (Wildman–Crippen MR) is 19.2 cm³/mol. The van der Waals surface area contributed by atoms with Gasteiger partial charge in [-0.1, -0.05) is 15.5 Å². The zero-order valence-electron chi connectivity index (χ0n) is 4.04. The van der Waals surface area contributed by atoms with Gasteiger partial charge in [-0.2, -0.15) is 8.78 Å². The second kappa shape index (κ2) is 2.30. The molecule has 0 spiro atoms. The number of hydrogen-bond donors (Lipinski definition) is 0. The van der Waals surface area contributed by atoms with Crippen LogP contribution in [0.1, 0.15) is 0 Å². The predicted octanol–water partition coefficient (Wildman–Crippen LogP) is 2.13. The van der Waals surface area contributed by atoms with Crippen LogP contribution in [-0.2, 0) is 0 Å². The van der Waals surface area contributed by atoms with Crippen molar-refractivity contribution in [2.24, 2.45) is 0 Å². The summed E-state index contributed by atoms with van der Waals surface area (Å²) in [5.41, 5.74) is 0. The highest BCUT2D eigenvalue weighted by atomic mass is 19.4. The van der Waals surface area contributed by atoms with Crippen LogP contribution in [0.15, 0.2) is 12.4 Å². The Bertz CT molecular complexity index is 119. The van der Waals surface area contributed by atoms with E-state index >= 15 is 0 Å². The van der Waals surface area contributed by atoms with Gasteiger partial charge < -0.3 is 0 Å². The van der Waals surface area contributed by atoms with Crippen LogP contribution in [0.25, 0.3) is 0 Å². The largest absolute Gasteiger partial charge is 0.409 e. The van der Waals surface area contributed by atoms with E-state index in [2.05, 4.69) is 0 Å². The second-order valence-corrected chi connectivity index (χ2v) is 1.18. The molecule has 0 saturated carbocycles. The molecule has 9 heavy (non-hydrogen) atoms. The van der Waals surface area contributed by atoms with Crippen LogP contribution in [0, 0.1) is 0 Å². The average Bonchev–Trinajstić information content (AvgIpc) is 1.65. The Labute approximate surface area is 47.2 Å². The van der Waals surface area contributed by atoms with E-state index in [1.807, 2.05) is 6.58 Å². The summed E-state index contributed by atoms with van der Waals surface area (Å²) in [6.45, 7) is 2.01. The van der Waals surface area contributed by atoms with Crippen molar-refractivity contribution in [3.05, 3.63) is 12.4 Å². The Hall–Kier alpha value is -0.650. The van der Waals surface area contributed by atoms with Crippen LogP contribution in [0.5, 0.6) is 0 Å². The fraction of sp³-hybridized carbons (Fsp3) is 0.333. The lowest BCUT2D eigenvalue weighted by Crippen LogP contribution is -2.29. The summed E-state index contributed by atoms with van der Waals surface area (Å²) in [6.07, 6.45) is 0. The van der Waals surface area contributed by atoms with Gasteiger partial charge in [0.05, 0.1) is 5.34 Å². The maximum Gasteiger partial charge on any atom is 0.409 e. The summed E-state index contributed by atoms with van der Waals surface area (Å²) in [6, 6.07) is -4.86. The lowest BCUT2D eigenvalue weighted by Gasteiger charge is -2.11. The molecule has 0 aliphatic rings. The van der Waals surface area contributed by atoms with E-state index in [9.17, 15) is 22.1 Å². The van der Waals surface area contributed by atoms with E-state index in [1.165, 1.54) is 0 Å². The quantitative estimate of drug-likeness (QED) is 0.328. The lowest BCUT2D eigenvalue weighted by atomic mass is 10.5. The van der Waals surface area contributed by atoms with Crippen molar-refractivity contribution in [1.82, 2.24) is 5.34 Å². The molecule has 0 aromatic heterocycles. The number of nitrogens with zero attached hydrogens (tertiary/aromatic N) is 1. The SMILES string of the molecule is C=C(F)C(F)(F)N(F)F. The fourth-order valence-corrected chi connectivity index (χ4v) is 0.0917. The molecule has 54 valence electrons. The number of hydrogen-bond acceptors (Lipinski definition) is 1. The molecule has 0 aromatic carbocycles. The molecule has 0 aliphatic heterocycles. The highest BCUT2D eigenvalue weighted by Gasteiger charge is 2.43. The molecule has 0 fully saturated rings. The Morgan fingerprint density at radius 2 is 1.67 bits per heavy atom. The van der Waals surface area contributed by atoms with Crippen LogP contribution >= 0.6 is 0 Å². The zero-order valence-corrected chi connectivity index (χ0v) is 4.04. The van der Waals surface area contributed by atoms with Crippen LogP contribution in [-0.4, -0.2) is 11.4 Å². The first-order chi connectivity index (χ1) is 3.89. The minimum Gasteiger partial charge on any atom is -0.204 e. The van der Waals surface area contributed by atoms with Gasteiger partial charge in [0.25, 0.3) is 0 Å². The maximum atomic E-state index is 11.4. The first kappa shape index (κ1) is 8.35. The first-order valence-electron chi connectivity index (χ1n) is 1.73. The fourth-order valence-electron chi connectivity index (χ4n) is 0.0917. The topological polar surface area (TPSA) is 3.24 Å². The summed E-state index contributed by atoms with van der Waals surface area (Å²) in [5, 5.41) is -2.55. The normalized spacial score (nSPS) is 12.2. The van der Waals surface area contributed by atoms with Crippen LogP contribution in [0.4, 0.5) is 22.1 Å². The molecular weight excluding hydrogens is 145 g/mol. The zero-order chi connectivity index (χ0) is 7.65. The average molecular weight is 147 g/mol. The molecule has 0 rings (SSSR count). The Balaban J connectivity index is 4.19. The Morgan fingerprint density at radius 1 is 1.33 bits per heavy atom. The molecule has 0 N–H and O–H groups in total. The Kier molecular flexibility index (Phi) is 2.13. The van der Waals surface area contributed by atoms with Crippen molar-refractivity contribution in [2.75, 3.05) is 0 Å². The monoisotopic (exact) mass is 147 g/mol. The minimum atomic E-state index is -4.86. The molecule has 0 bridgehead atoms. The molecule has 1 nitrogen and oxygen atoms in total. The van der Waals surface area contributed by atoms with Crippen molar-refractivity contribution in [3.8, 4) is 0 Å². The molecule has 6 heteroatoms. The second-order valence-electron chi connectivity index (χ2n) is 1.18. The van der Waals surface area contributed by atoms with Crippen molar-refractivity contribution < 1.29 is 22.1 Å². The molecule has 0 atom stereocenters. The molecule has 0 unspecified atom stereocenters. The van der Waals surface area contributed by atoms with Crippen LogP contribution < -0.4 is 0 Å². The van der Waals surface area contributed by atoms with E-state index in [1.54, 1.807) is 0 Å². The van der Waals surface area contributed by atoms with E-state index < -0.39 is 17.2 Å². The van der Waals surface area contributed by atoms with Gasteiger partial charge in [0.15, 0.2) is 5.83 Å². The van der Waals surface area contributed by atoms with Crippen molar-refractivity contribution >= 4 is 0 Å². The number of rotatable bonds is 2. The van der Waals surface area contributed by atoms with Gasteiger partial charge in [0.1, 0.15) is 0 Å². The van der Waals surface area contributed by atoms with Crippen LogP contribution in [0.2, 0.25) is 0 Å². The molecule has 0 aliphatic carbocycles. The van der Waals surface area contributed by atoms with Gasteiger partial charge in [-0.05, 0) is 0 Å². The summed E-state index contributed by atoms with van der Waals surface area (Å²) in [7, 11) is 0. The maximum absolute atomic E-state index is 11.4. The molecule has 0 amide bonds. The Morgan fingerprint density at radius 3 is 1.67 bits per heavy atom.